The number of carbonyl (C=O) groups is 4. The van der Waals surface area contributed by atoms with Gasteiger partial charge in [0.15, 0.2) is 0 Å². The average Bonchev–Trinajstić information content (AvgIpc) is 3.28. The van der Waals surface area contributed by atoms with Gasteiger partial charge in [0.05, 0.1) is 12.0 Å². The Morgan fingerprint density at radius 2 is 1.72 bits per heavy atom. The van der Waals surface area contributed by atoms with E-state index >= 15 is 0 Å². The third-order valence-corrected chi connectivity index (χ3v) is 6.62. The van der Waals surface area contributed by atoms with Crippen molar-refractivity contribution in [3.63, 3.8) is 0 Å². The van der Waals surface area contributed by atoms with E-state index in [2.05, 4.69) is 5.32 Å². The predicted molar refractivity (Wildman–Crippen MR) is 138 cm³/mol. The summed E-state index contributed by atoms with van der Waals surface area (Å²) in [6.45, 7) is 3.42. The molecule has 3 N–H and O–H groups in total. The fraction of sp³-hybridized carbons (Fsp3) is 0.154. The number of primary amides is 1. The first-order valence-electron chi connectivity index (χ1n) is 11.0. The number of amides is 4. The second-order valence-electron chi connectivity index (χ2n) is 8.12. The summed E-state index contributed by atoms with van der Waals surface area (Å²) in [7, 11) is 1.54. The van der Waals surface area contributed by atoms with Crippen LogP contribution in [0.4, 0.5) is 10.5 Å². The van der Waals surface area contributed by atoms with Crippen LogP contribution in [-0.2, 0) is 9.59 Å². The van der Waals surface area contributed by atoms with Gasteiger partial charge >= 0.3 is 0 Å². The number of nitrogens with zero attached hydrogens (tertiary/aromatic N) is 2. The number of nitrogens with one attached hydrogen (secondary N) is 1. The number of aryl methyl sites for hydroxylation is 1. The van der Waals surface area contributed by atoms with Crippen LogP contribution >= 0.6 is 11.8 Å². The number of imide groups is 1. The molecule has 2 heterocycles. The second-order valence-corrected chi connectivity index (χ2v) is 9.11. The van der Waals surface area contributed by atoms with Crippen LogP contribution in [0.1, 0.15) is 27.3 Å². The summed E-state index contributed by atoms with van der Waals surface area (Å²) in [5.74, 6) is -0.866. The molecule has 0 aliphatic carbocycles. The van der Waals surface area contributed by atoms with Gasteiger partial charge in [0.2, 0.25) is 11.8 Å². The SMILES string of the molecule is COc1ccc(NC(=O)CN2C(=O)S/C(=C/c3cc(C)n(-c4ccc(C(N)=O)cc4)c3C)C2=O)cc1. The summed E-state index contributed by atoms with van der Waals surface area (Å²) in [6, 6.07) is 15.5. The summed E-state index contributed by atoms with van der Waals surface area (Å²) in [6.07, 6.45) is 1.66. The first kappa shape index (κ1) is 24.8. The number of hydrogen-bond acceptors (Lipinski definition) is 6. The Balaban J connectivity index is 1.50. The summed E-state index contributed by atoms with van der Waals surface area (Å²) in [4.78, 5) is 50.4. The average molecular weight is 505 g/mol. The largest absolute Gasteiger partial charge is 0.497 e. The van der Waals surface area contributed by atoms with Gasteiger partial charge in [-0.2, -0.15) is 0 Å². The Labute approximate surface area is 211 Å². The van der Waals surface area contributed by atoms with Crippen LogP contribution in [0.2, 0.25) is 0 Å². The Morgan fingerprint density at radius 1 is 1.06 bits per heavy atom. The summed E-state index contributed by atoms with van der Waals surface area (Å²) >= 11 is 0.796. The normalized spacial score (nSPS) is 14.4. The quantitative estimate of drug-likeness (QED) is 0.471. The van der Waals surface area contributed by atoms with Gasteiger partial charge in [0.25, 0.3) is 11.1 Å². The van der Waals surface area contributed by atoms with Crippen LogP contribution in [0, 0.1) is 13.8 Å². The predicted octanol–water partition coefficient (Wildman–Crippen LogP) is 3.88. The van der Waals surface area contributed by atoms with Gasteiger partial charge in [-0.3, -0.25) is 24.1 Å². The molecule has 10 heteroatoms. The molecule has 0 bridgehead atoms. The fourth-order valence-electron chi connectivity index (χ4n) is 3.90. The maximum absolute atomic E-state index is 12.9. The fourth-order valence-corrected chi connectivity index (χ4v) is 4.73. The number of ether oxygens (including phenoxy) is 1. The number of benzene rings is 2. The highest BCUT2D eigenvalue weighted by atomic mass is 32.2. The minimum Gasteiger partial charge on any atom is -0.497 e. The minimum absolute atomic E-state index is 0.238. The number of anilines is 1. The molecule has 1 saturated heterocycles. The van der Waals surface area contributed by atoms with E-state index in [1.807, 2.05) is 24.5 Å². The van der Waals surface area contributed by atoms with Crippen LogP contribution in [-0.4, -0.2) is 46.1 Å². The third-order valence-electron chi connectivity index (χ3n) is 5.72. The Bertz CT molecular complexity index is 1390. The van der Waals surface area contributed by atoms with Gasteiger partial charge in [0, 0.05) is 28.3 Å². The molecule has 0 atom stereocenters. The highest BCUT2D eigenvalue weighted by Crippen LogP contribution is 2.33. The lowest BCUT2D eigenvalue weighted by molar-refractivity contribution is -0.127. The Hall–Kier alpha value is -4.31. The van der Waals surface area contributed by atoms with E-state index in [0.29, 0.717) is 17.0 Å². The van der Waals surface area contributed by atoms with Crippen LogP contribution < -0.4 is 15.8 Å². The highest BCUT2D eigenvalue weighted by molar-refractivity contribution is 8.18. The van der Waals surface area contributed by atoms with Crippen molar-refractivity contribution < 1.29 is 23.9 Å². The van der Waals surface area contributed by atoms with Crippen LogP contribution in [0.25, 0.3) is 11.8 Å². The molecule has 0 saturated carbocycles. The molecule has 0 spiro atoms. The monoisotopic (exact) mass is 504 g/mol. The van der Waals surface area contributed by atoms with E-state index in [1.165, 1.54) is 0 Å². The number of nitrogens with two attached hydrogens (primary N) is 1. The van der Waals surface area contributed by atoms with Gasteiger partial charge in [-0.15, -0.1) is 0 Å². The van der Waals surface area contributed by atoms with Gasteiger partial charge in [0.1, 0.15) is 12.3 Å². The maximum atomic E-state index is 12.9. The molecule has 1 aromatic heterocycles. The second kappa shape index (κ2) is 10.1. The molecule has 2 aromatic carbocycles. The molecule has 0 unspecified atom stereocenters. The lowest BCUT2D eigenvalue weighted by atomic mass is 10.2. The van der Waals surface area contributed by atoms with Gasteiger partial charge in [-0.1, -0.05) is 0 Å². The van der Waals surface area contributed by atoms with Crippen LogP contribution in [0.3, 0.4) is 0 Å². The molecule has 184 valence electrons. The van der Waals surface area contributed by atoms with Gasteiger partial charge in [-0.05, 0) is 91.8 Å². The third kappa shape index (κ3) is 5.03. The first-order valence-corrected chi connectivity index (χ1v) is 11.8. The number of hydrogen-bond donors (Lipinski definition) is 2. The molecule has 36 heavy (non-hydrogen) atoms. The van der Waals surface area contributed by atoms with Crippen molar-refractivity contribution in [3.8, 4) is 11.4 Å². The molecule has 1 aliphatic rings. The number of thioether (sulfide) groups is 1. The number of aromatic nitrogens is 1. The van der Waals surface area contributed by atoms with Gasteiger partial charge < -0.3 is 20.4 Å². The topological polar surface area (TPSA) is 124 Å². The lowest BCUT2D eigenvalue weighted by Crippen LogP contribution is -2.36. The van der Waals surface area contributed by atoms with E-state index in [9.17, 15) is 19.2 Å². The van der Waals surface area contributed by atoms with E-state index in [-0.39, 0.29) is 11.4 Å². The van der Waals surface area contributed by atoms with Crippen molar-refractivity contribution in [2.45, 2.75) is 13.8 Å². The highest BCUT2D eigenvalue weighted by Gasteiger charge is 2.36. The van der Waals surface area contributed by atoms with Crippen molar-refractivity contribution in [1.29, 1.82) is 0 Å². The molecule has 4 amide bonds. The van der Waals surface area contributed by atoms with Crippen LogP contribution in [0.5, 0.6) is 5.75 Å². The van der Waals surface area contributed by atoms with E-state index in [1.54, 1.807) is 61.7 Å². The zero-order valence-electron chi connectivity index (χ0n) is 19.9. The van der Waals surface area contributed by atoms with Crippen LogP contribution in [0.15, 0.2) is 59.5 Å². The Kier molecular flexibility index (Phi) is 6.98. The van der Waals surface area contributed by atoms with Gasteiger partial charge in [-0.25, -0.2) is 0 Å². The molecule has 4 rings (SSSR count). The number of methoxy groups -OCH3 is 1. The van der Waals surface area contributed by atoms with Crippen molar-refractivity contribution in [2.24, 2.45) is 5.73 Å². The van der Waals surface area contributed by atoms with E-state index < -0.39 is 23.0 Å². The molecule has 1 fully saturated rings. The number of carbonyl (C=O) groups excluding carboxylic acids is 4. The summed E-state index contributed by atoms with van der Waals surface area (Å²) in [5.41, 5.74) is 9.61. The summed E-state index contributed by atoms with van der Waals surface area (Å²) in [5, 5.41) is 2.17. The molecule has 3 aromatic rings. The lowest BCUT2D eigenvalue weighted by Gasteiger charge is -2.12. The van der Waals surface area contributed by atoms with Crippen molar-refractivity contribution >= 4 is 46.5 Å². The Morgan fingerprint density at radius 3 is 2.33 bits per heavy atom. The standard InChI is InChI=1S/C26H24N4O5S/c1-15-12-18(16(2)30(15)20-8-4-17(5-9-20)24(27)32)13-22-25(33)29(26(34)36-22)14-23(31)28-19-6-10-21(35-3)11-7-19/h4-13H,14H2,1-3H3,(H2,27,32)(H,28,31)/b22-13+. The minimum atomic E-state index is -0.523. The molecular formula is C26H24N4O5S. The van der Waals surface area contributed by atoms with E-state index in [4.69, 9.17) is 10.5 Å². The smallest absolute Gasteiger partial charge is 0.294 e. The van der Waals surface area contributed by atoms with E-state index in [0.717, 1.165) is 39.3 Å². The zero-order valence-corrected chi connectivity index (χ0v) is 20.7. The molecular weight excluding hydrogens is 480 g/mol. The van der Waals surface area contributed by atoms with Crippen molar-refractivity contribution in [3.05, 3.63) is 82.0 Å². The molecule has 0 radical (unpaired) electrons. The maximum Gasteiger partial charge on any atom is 0.294 e. The molecule has 9 nitrogen and oxygen atoms in total. The van der Waals surface area contributed by atoms with Crippen molar-refractivity contribution in [1.82, 2.24) is 9.47 Å². The number of rotatable bonds is 7. The summed E-state index contributed by atoms with van der Waals surface area (Å²) < 4.78 is 7.06. The molecule has 1 aliphatic heterocycles. The first-order chi connectivity index (χ1) is 17.2. The zero-order chi connectivity index (χ0) is 26.0. The van der Waals surface area contributed by atoms with Crippen molar-refractivity contribution in [2.75, 3.05) is 19.0 Å².